The number of hydrogen-bond acceptors (Lipinski definition) is 5. The Bertz CT molecular complexity index is 817. The van der Waals surface area contributed by atoms with E-state index >= 15 is 0 Å². The Labute approximate surface area is 157 Å². The number of benzene rings is 2. The van der Waals surface area contributed by atoms with Crippen LogP contribution in [0.25, 0.3) is 6.08 Å². The first-order valence-corrected chi connectivity index (χ1v) is 9.01. The second-order valence-electron chi connectivity index (χ2n) is 5.56. The highest BCUT2D eigenvalue weighted by Crippen LogP contribution is 2.34. The van der Waals surface area contributed by atoms with Gasteiger partial charge in [0, 0.05) is 7.11 Å². The van der Waals surface area contributed by atoms with Gasteiger partial charge in [0.2, 0.25) is 0 Å². The Kier molecular flexibility index (Phi) is 6.09. The molecule has 0 saturated carbocycles. The molecule has 0 N–H and O–H groups in total. The van der Waals surface area contributed by atoms with Crippen molar-refractivity contribution in [2.24, 2.45) is 4.99 Å². The molecule has 0 bridgehead atoms. The molecule has 0 spiro atoms. The van der Waals surface area contributed by atoms with Crippen molar-refractivity contribution in [3.63, 3.8) is 0 Å². The molecule has 0 atom stereocenters. The second kappa shape index (κ2) is 8.69. The van der Waals surface area contributed by atoms with Crippen LogP contribution >= 0.6 is 11.8 Å². The molecule has 0 radical (unpaired) electrons. The van der Waals surface area contributed by atoms with Gasteiger partial charge in [0.05, 0.1) is 30.9 Å². The maximum atomic E-state index is 12.8. The lowest BCUT2D eigenvalue weighted by Gasteiger charge is -2.14. The maximum absolute atomic E-state index is 12.8. The zero-order chi connectivity index (χ0) is 18.4. The Balaban J connectivity index is 1.89. The average molecular weight is 368 g/mol. The number of para-hydroxylation sites is 1. The van der Waals surface area contributed by atoms with E-state index in [0.717, 1.165) is 17.0 Å². The van der Waals surface area contributed by atoms with Crippen molar-refractivity contribution in [3.8, 4) is 5.75 Å². The minimum atomic E-state index is -0.0578. The Morgan fingerprint density at radius 1 is 1.08 bits per heavy atom. The number of amidine groups is 1. The van der Waals surface area contributed by atoms with Crippen molar-refractivity contribution in [1.82, 2.24) is 4.90 Å². The highest BCUT2D eigenvalue weighted by Gasteiger charge is 2.33. The predicted molar refractivity (Wildman–Crippen MR) is 106 cm³/mol. The van der Waals surface area contributed by atoms with E-state index in [1.54, 1.807) is 19.1 Å². The molecule has 2 aromatic rings. The van der Waals surface area contributed by atoms with Gasteiger partial charge in [-0.2, -0.15) is 0 Å². The number of carbonyl (C=O) groups is 1. The number of aliphatic imine (C=N–C) groups is 1. The van der Waals surface area contributed by atoms with E-state index in [9.17, 15) is 4.79 Å². The summed E-state index contributed by atoms with van der Waals surface area (Å²) in [5, 5.41) is 0.665. The van der Waals surface area contributed by atoms with E-state index in [1.165, 1.54) is 11.8 Å². The van der Waals surface area contributed by atoms with E-state index in [4.69, 9.17) is 9.47 Å². The molecule has 2 aromatic carbocycles. The molecular formula is C20H20N2O3S. The SMILES string of the molecule is COCCN1C(=O)/C(=C/c2ccc(OC)cc2)SC1=Nc1ccccc1. The van der Waals surface area contributed by atoms with Crippen LogP contribution in [0.1, 0.15) is 5.56 Å². The summed E-state index contributed by atoms with van der Waals surface area (Å²) < 4.78 is 10.3. The minimum Gasteiger partial charge on any atom is -0.497 e. The normalized spacial score (nSPS) is 17.3. The summed E-state index contributed by atoms with van der Waals surface area (Å²) in [6.07, 6.45) is 1.87. The molecule has 1 aliphatic heterocycles. The number of nitrogens with zero attached hydrogens (tertiary/aromatic N) is 2. The first-order chi connectivity index (χ1) is 12.7. The number of rotatable bonds is 6. The first-order valence-electron chi connectivity index (χ1n) is 8.19. The van der Waals surface area contributed by atoms with Gasteiger partial charge in [-0.3, -0.25) is 9.69 Å². The number of methoxy groups -OCH3 is 2. The number of amides is 1. The van der Waals surface area contributed by atoms with Gasteiger partial charge in [-0.25, -0.2) is 4.99 Å². The van der Waals surface area contributed by atoms with Crippen molar-refractivity contribution in [3.05, 3.63) is 65.1 Å². The standard InChI is InChI=1S/C20H20N2O3S/c1-24-13-12-22-19(23)18(14-15-8-10-17(25-2)11-9-15)26-20(22)21-16-6-4-3-5-7-16/h3-11,14H,12-13H2,1-2H3/b18-14-,21-20?. The van der Waals surface area contributed by atoms with Crippen LogP contribution < -0.4 is 4.74 Å². The molecule has 1 heterocycles. The van der Waals surface area contributed by atoms with E-state index < -0.39 is 0 Å². The van der Waals surface area contributed by atoms with Crippen LogP contribution in [-0.4, -0.2) is 43.3 Å². The molecule has 3 rings (SSSR count). The Hall–Kier alpha value is -2.57. The Morgan fingerprint density at radius 2 is 1.81 bits per heavy atom. The smallest absolute Gasteiger partial charge is 0.266 e. The van der Waals surface area contributed by atoms with Crippen LogP contribution in [0, 0.1) is 0 Å². The lowest BCUT2D eigenvalue weighted by atomic mass is 10.2. The number of thioether (sulfide) groups is 1. The minimum absolute atomic E-state index is 0.0578. The van der Waals surface area contributed by atoms with Crippen molar-refractivity contribution in [2.75, 3.05) is 27.4 Å². The van der Waals surface area contributed by atoms with Crippen LogP contribution in [0.5, 0.6) is 5.75 Å². The quantitative estimate of drug-likeness (QED) is 0.725. The fourth-order valence-electron chi connectivity index (χ4n) is 2.44. The molecule has 0 aromatic heterocycles. The molecular weight excluding hydrogens is 348 g/mol. The zero-order valence-electron chi connectivity index (χ0n) is 14.7. The lowest BCUT2D eigenvalue weighted by Crippen LogP contribution is -2.32. The van der Waals surface area contributed by atoms with E-state index in [2.05, 4.69) is 4.99 Å². The van der Waals surface area contributed by atoms with Crippen LogP contribution in [0.2, 0.25) is 0 Å². The molecule has 0 aliphatic carbocycles. The number of ether oxygens (including phenoxy) is 2. The predicted octanol–water partition coefficient (Wildman–Crippen LogP) is 3.95. The van der Waals surface area contributed by atoms with Crippen molar-refractivity contribution in [2.45, 2.75) is 0 Å². The van der Waals surface area contributed by atoms with E-state index in [1.807, 2.05) is 60.7 Å². The molecule has 0 unspecified atom stereocenters. The third kappa shape index (κ3) is 4.33. The molecule has 1 amide bonds. The van der Waals surface area contributed by atoms with Gasteiger partial charge < -0.3 is 9.47 Å². The van der Waals surface area contributed by atoms with Gasteiger partial charge in [-0.1, -0.05) is 30.3 Å². The molecule has 1 saturated heterocycles. The third-order valence-corrected chi connectivity index (χ3v) is 4.81. The van der Waals surface area contributed by atoms with Crippen molar-refractivity contribution in [1.29, 1.82) is 0 Å². The molecule has 6 heteroatoms. The molecule has 1 aliphatic rings. The largest absolute Gasteiger partial charge is 0.497 e. The third-order valence-electron chi connectivity index (χ3n) is 3.80. The highest BCUT2D eigenvalue weighted by atomic mass is 32.2. The molecule has 5 nitrogen and oxygen atoms in total. The second-order valence-corrected chi connectivity index (χ2v) is 6.57. The van der Waals surface area contributed by atoms with Gasteiger partial charge in [0.1, 0.15) is 5.75 Å². The van der Waals surface area contributed by atoms with Crippen LogP contribution in [0.3, 0.4) is 0 Å². The maximum Gasteiger partial charge on any atom is 0.266 e. The van der Waals surface area contributed by atoms with Crippen LogP contribution in [0.4, 0.5) is 5.69 Å². The van der Waals surface area contributed by atoms with Crippen molar-refractivity contribution < 1.29 is 14.3 Å². The monoisotopic (exact) mass is 368 g/mol. The van der Waals surface area contributed by atoms with Gasteiger partial charge in [0.15, 0.2) is 5.17 Å². The van der Waals surface area contributed by atoms with E-state index in [-0.39, 0.29) is 5.91 Å². The molecule has 134 valence electrons. The summed E-state index contributed by atoms with van der Waals surface area (Å²) >= 11 is 1.38. The number of carbonyl (C=O) groups excluding carboxylic acids is 1. The fraction of sp³-hybridized carbons (Fsp3) is 0.200. The number of hydrogen-bond donors (Lipinski definition) is 0. The summed E-state index contributed by atoms with van der Waals surface area (Å²) in [5.41, 5.74) is 1.75. The highest BCUT2D eigenvalue weighted by molar-refractivity contribution is 8.18. The Morgan fingerprint density at radius 3 is 2.46 bits per heavy atom. The summed E-state index contributed by atoms with van der Waals surface area (Å²) in [6, 6.07) is 17.2. The molecule has 1 fully saturated rings. The summed E-state index contributed by atoms with van der Waals surface area (Å²) in [6.45, 7) is 0.921. The zero-order valence-corrected chi connectivity index (χ0v) is 15.5. The molecule has 26 heavy (non-hydrogen) atoms. The van der Waals surface area contributed by atoms with Gasteiger partial charge in [-0.05, 0) is 47.7 Å². The fourth-order valence-corrected chi connectivity index (χ4v) is 3.46. The van der Waals surface area contributed by atoms with Crippen LogP contribution in [-0.2, 0) is 9.53 Å². The van der Waals surface area contributed by atoms with Gasteiger partial charge >= 0.3 is 0 Å². The van der Waals surface area contributed by atoms with Crippen molar-refractivity contribution >= 4 is 34.6 Å². The van der Waals surface area contributed by atoms with Gasteiger partial charge in [-0.15, -0.1) is 0 Å². The topological polar surface area (TPSA) is 51.1 Å². The summed E-state index contributed by atoms with van der Waals surface area (Å²) in [7, 11) is 3.25. The lowest BCUT2D eigenvalue weighted by molar-refractivity contribution is -0.122. The van der Waals surface area contributed by atoms with E-state index in [0.29, 0.717) is 23.2 Å². The summed E-state index contributed by atoms with van der Waals surface area (Å²) in [5.74, 6) is 0.725. The first kappa shape index (κ1) is 18.2. The van der Waals surface area contributed by atoms with Gasteiger partial charge in [0.25, 0.3) is 5.91 Å². The summed E-state index contributed by atoms with van der Waals surface area (Å²) in [4.78, 5) is 19.7. The average Bonchev–Trinajstić information content (AvgIpc) is 2.96. The van der Waals surface area contributed by atoms with Crippen LogP contribution in [0.15, 0.2) is 64.5 Å².